The van der Waals surface area contributed by atoms with Crippen LogP contribution in [0, 0.1) is 23.7 Å². The van der Waals surface area contributed by atoms with E-state index in [1.807, 2.05) is 0 Å². The Bertz CT molecular complexity index is 320. The van der Waals surface area contributed by atoms with Crippen LogP contribution in [0.1, 0.15) is 44.9 Å². The van der Waals surface area contributed by atoms with Gasteiger partial charge in [-0.15, -0.1) is 11.6 Å². The standard InChI is InChI=1S/C15H24ClNO/c16-9-12-2-1-5-17(10-12)15(18)8-14-7-11-3-4-13(14)6-11/h11-14H,1-10H2. The van der Waals surface area contributed by atoms with Gasteiger partial charge in [0.05, 0.1) is 0 Å². The first kappa shape index (κ1) is 12.8. The van der Waals surface area contributed by atoms with Gasteiger partial charge in [0.25, 0.3) is 0 Å². The van der Waals surface area contributed by atoms with E-state index in [0.717, 1.165) is 37.8 Å². The lowest BCUT2D eigenvalue weighted by Crippen LogP contribution is -2.41. The molecule has 18 heavy (non-hydrogen) atoms. The predicted molar refractivity (Wildman–Crippen MR) is 73.6 cm³/mol. The number of rotatable bonds is 3. The van der Waals surface area contributed by atoms with Gasteiger partial charge in [0.2, 0.25) is 5.91 Å². The van der Waals surface area contributed by atoms with Crippen LogP contribution in [-0.4, -0.2) is 29.8 Å². The summed E-state index contributed by atoms with van der Waals surface area (Å²) >= 11 is 5.93. The zero-order valence-electron chi connectivity index (χ0n) is 11.1. The van der Waals surface area contributed by atoms with Crippen molar-refractivity contribution in [2.45, 2.75) is 44.9 Å². The van der Waals surface area contributed by atoms with Crippen molar-refractivity contribution in [2.24, 2.45) is 23.7 Å². The minimum Gasteiger partial charge on any atom is -0.342 e. The SMILES string of the molecule is O=C(CC1CC2CCC1C2)N1CCCC(CCl)C1. The number of likely N-dealkylation sites (tertiary alicyclic amines) is 1. The van der Waals surface area contributed by atoms with E-state index < -0.39 is 0 Å². The van der Waals surface area contributed by atoms with Crippen LogP contribution >= 0.6 is 11.6 Å². The number of carbonyl (C=O) groups excluding carboxylic acids is 1. The van der Waals surface area contributed by atoms with Gasteiger partial charge in [-0.2, -0.15) is 0 Å². The Morgan fingerprint density at radius 1 is 1.22 bits per heavy atom. The van der Waals surface area contributed by atoms with Gasteiger partial charge in [0, 0.05) is 25.4 Å². The summed E-state index contributed by atoms with van der Waals surface area (Å²) in [7, 11) is 0. The minimum absolute atomic E-state index is 0.405. The highest BCUT2D eigenvalue weighted by molar-refractivity contribution is 6.18. The van der Waals surface area contributed by atoms with Crippen molar-refractivity contribution in [1.82, 2.24) is 4.90 Å². The predicted octanol–water partition coefficient (Wildman–Crippen LogP) is 3.29. The van der Waals surface area contributed by atoms with Crippen molar-refractivity contribution in [3.63, 3.8) is 0 Å². The van der Waals surface area contributed by atoms with E-state index in [4.69, 9.17) is 11.6 Å². The summed E-state index contributed by atoms with van der Waals surface area (Å²) in [6.07, 6.45) is 8.68. The molecule has 2 aliphatic carbocycles. The van der Waals surface area contributed by atoms with Crippen LogP contribution < -0.4 is 0 Å². The second-order valence-corrected chi connectivity index (χ2v) is 6.95. The molecule has 3 aliphatic rings. The van der Waals surface area contributed by atoms with Crippen molar-refractivity contribution in [2.75, 3.05) is 19.0 Å². The van der Waals surface area contributed by atoms with Crippen molar-refractivity contribution in [3.05, 3.63) is 0 Å². The molecule has 4 unspecified atom stereocenters. The molecule has 3 heteroatoms. The Kier molecular flexibility index (Phi) is 3.83. The number of hydrogen-bond donors (Lipinski definition) is 0. The van der Waals surface area contributed by atoms with Crippen LogP contribution in [-0.2, 0) is 4.79 Å². The maximum atomic E-state index is 12.4. The average molecular weight is 270 g/mol. The minimum atomic E-state index is 0.405. The number of alkyl halides is 1. The number of carbonyl (C=O) groups is 1. The normalized spacial score (nSPS) is 39.3. The van der Waals surface area contributed by atoms with Crippen molar-refractivity contribution in [1.29, 1.82) is 0 Å². The third kappa shape index (κ3) is 2.54. The lowest BCUT2D eigenvalue weighted by Gasteiger charge is -2.33. The maximum absolute atomic E-state index is 12.4. The van der Waals surface area contributed by atoms with Crippen LogP contribution in [0.25, 0.3) is 0 Å². The van der Waals surface area contributed by atoms with Gasteiger partial charge in [0.1, 0.15) is 0 Å². The summed E-state index contributed by atoms with van der Waals surface area (Å²) in [5.41, 5.74) is 0. The molecule has 4 atom stereocenters. The van der Waals surface area contributed by atoms with Crippen LogP contribution in [0.15, 0.2) is 0 Å². The summed E-state index contributed by atoms with van der Waals surface area (Å²) in [6.45, 7) is 1.87. The molecular formula is C15H24ClNO. The molecule has 102 valence electrons. The van der Waals surface area contributed by atoms with Crippen molar-refractivity contribution in [3.8, 4) is 0 Å². The van der Waals surface area contributed by atoms with E-state index in [1.165, 1.54) is 32.1 Å². The summed E-state index contributed by atoms with van der Waals surface area (Å²) in [6, 6.07) is 0. The van der Waals surface area contributed by atoms with Crippen LogP contribution in [0.4, 0.5) is 0 Å². The molecule has 1 heterocycles. The number of nitrogens with zero attached hydrogens (tertiary/aromatic N) is 1. The molecule has 0 aromatic heterocycles. The van der Waals surface area contributed by atoms with Crippen LogP contribution in [0.5, 0.6) is 0 Å². The van der Waals surface area contributed by atoms with Gasteiger partial charge in [-0.1, -0.05) is 6.42 Å². The van der Waals surface area contributed by atoms with Crippen LogP contribution in [0.2, 0.25) is 0 Å². The second-order valence-electron chi connectivity index (χ2n) is 6.64. The molecule has 2 nitrogen and oxygen atoms in total. The molecule has 1 amide bonds. The highest BCUT2D eigenvalue weighted by atomic mass is 35.5. The zero-order chi connectivity index (χ0) is 12.5. The molecule has 1 saturated heterocycles. The fraction of sp³-hybridized carbons (Fsp3) is 0.933. The quantitative estimate of drug-likeness (QED) is 0.720. The molecule has 0 radical (unpaired) electrons. The van der Waals surface area contributed by atoms with Gasteiger partial charge in [0.15, 0.2) is 0 Å². The smallest absolute Gasteiger partial charge is 0.222 e. The van der Waals surface area contributed by atoms with Crippen LogP contribution in [0.3, 0.4) is 0 Å². The number of fused-ring (bicyclic) bond motifs is 2. The summed E-state index contributed by atoms with van der Waals surface area (Å²) in [5, 5.41) is 0. The summed E-state index contributed by atoms with van der Waals surface area (Å²) < 4.78 is 0. The molecule has 0 spiro atoms. The van der Waals surface area contributed by atoms with E-state index in [2.05, 4.69) is 4.90 Å². The first-order valence-corrected chi connectivity index (χ1v) is 8.13. The molecular weight excluding hydrogens is 246 g/mol. The molecule has 3 fully saturated rings. The number of piperidine rings is 1. The van der Waals surface area contributed by atoms with E-state index in [1.54, 1.807) is 0 Å². The van der Waals surface area contributed by atoms with E-state index in [9.17, 15) is 4.79 Å². The Morgan fingerprint density at radius 3 is 2.78 bits per heavy atom. The van der Waals surface area contributed by atoms with E-state index in [-0.39, 0.29) is 0 Å². The highest BCUT2D eigenvalue weighted by Gasteiger charge is 2.40. The molecule has 2 bridgehead atoms. The molecule has 3 rings (SSSR count). The highest BCUT2D eigenvalue weighted by Crippen LogP contribution is 2.49. The van der Waals surface area contributed by atoms with Crippen molar-refractivity contribution < 1.29 is 4.79 Å². The van der Waals surface area contributed by atoms with E-state index in [0.29, 0.717) is 23.6 Å². The van der Waals surface area contributed by atoms with Crippen molar-refractivity contribution >= 4 is 17.5 Å². The fourth-order valence-corrected chi connectivity index (χ4v) is 4.65. The third-order valence-corrected chi connectivity index (χ3v) is 5.85. The summed E-state index contributed by atoms with van der Waals surface area (Å²) in [4.78, 5) is 14.5. The number of amides is 1. The number of hydrogen-bond acceptors (Lipinski definition) is 1. The van der Waals surface area contributed by atoms with Gasteiger partial charge in [-0.05, 0) is 55.8 Å². The topological polar surface area (TPSA) is 20.3 Å². The first-order chi connectivity index (χ1) is 8.76. The Labute approximate surface area is 115 Å². The van der Waals surface area contributed by atoms with Gasteiger partial charge in [-0.25, -0.2) is 0 Å². The molecule has 0 N–H and O–H groups in total. The van der Waals surface area contributed by atoms with Gasteiger partial charge < -0.3 is 4.90 Å². The molecule has 1 aliphatic heterocycles. The Hall–Kier alpha value is -0.240. The molecule has 0 aromatic carbocycles. The zero-order valence-corrected chi connectivity index (χ0v) is 11.9. The monoisotopic (exact) mass is 269 g/mol. The summed E-state index contributed by atoms with van der Waals surface area (Å²) in [5.74, 6) is 4.16. The first-order valence-electron chi connectivity index (χ1n) is 7.60. The number of halogens is 1. The Balaban J connectivity index is 1.52. The van der Waals surface area contributed by atoms with E-state index >= 15 is 0 Å². The van der Waals surface area contributed by atoms with Gasteiger partial charge in [-0.3, -0.25) is 4.79 Å². The third-order valence-electron chi connectivity index (χ3n) is 5.41. The molecule has 2 saturated carbocycles. The average Bonchev–Trinajstić information content (AvgIpc) is 3.01. The largest absolute Gasteiger partial charge is 0.342 e. The second kappa shape index (κ2) is 5.40. The lowest BCUT2D eigenvalue weighted by molar-refractivity contribution is -0.134. The lowest BCUT2D eigenvalue weighted by atomic mass is 9.86. The maximum Gasteiger partial charge on any atom is 0.222 e. The fourth-order valence-electron chi connectivity index (χ4n) is 4.40. The molecule has 0 aromatic rings. The van der Waals surface area contributed by atoms with Gasteiger partial charge >= 0.3 is 0 Å². The Morgan fingerprint density at radius 2 is 2.11 bits per heavy atom.